The van der Waals surface area contributed by atoms with Crippen molar-refractivity contribution in [3.63, 3.8) is 0 Å². The minimum atomic E-state index is 0.210. The minimum absolute atomic E-state index is 0.210. The summed E-state index contributed by atoms with van der Waals surface area (Å²) in [6.07, 6.45) is 4.47. The van der Waals surface area contributed by atoms with Gasteiger partial charge in [-0.2, -0.15) is 0 Å². The lowest BCUT2D eigenvalue weighted by molar-refractivity contribution is -0.129. The van der Waals surface area contributed by atoms with Crippen LogP contribution in [0.4, 0.5) is 0 Å². The molecule has 2 aliphatic heterocycles. The topological polar surface area (TPSA) is 32.3 Å². The maximum atomic E-state index is 11.7. The molecule has 4 heteroatoms. The molecule has 3 nitrogen and oxygen atoms in total. The van der Waals surface area contributed by atoms with Crippen LogP contribution < -0.4 is 5.32 Å². The number of benzene rings is 1. The molecule has 2 saturated heterocycles. The van der Waals surface area contributed by atoms with E-state index >= 15 is 0 Å². The van der Waals surface area contributed by atoms with Gasteiger partial charge in [0, 0.05) is 31.3 Å². The molecule has 1 aromatic rings. The monoisotopic (exact) mass is 342 g/mol. The number of carbonyl (C=O) groups is 1. The molecule has 0 aromatic heterocycles. The standard InChI is InChI=1S/C20H26N2OS/c1-13-21-20-18(24-13)8-7-15-5-3-4-6-17(15)19(20)16-9-11-22(12-10-16)14(2)23/h3-6,13,18,20-21H,7-12H2,1-2H3. The highest BCUT2D eigenvalue weighted by Crippen LogP contribution is 2.43. The van der Waals surface area contributed by atoms with Crippen LogP contribution in [-0.2, 0) is 11.2 Å². The number of carbonyl (C=O) groups excluding carboxylic acids is 1. The van der Waals surface area contributed by atoms with Crippen LogP contribution in [0, 0.1) is 0 Å². The number of hydrogen-bond donors (Lipinski definition) is 1. The number of fused-ring (bicyclic) bond motifs is 2. The van der Waals surface area contributed by atoms with Crippen LogP contribution in [0.5, 0.6) is 0 Å². The SMILES string of the molecule is CC(=O)N1CCC(=C2c3ccccc3CCC3SC(C)NC23)CC1. The number of thioether (sulfide) groups is 1. The smallest absolute Gasteiger partial charge is 0.219 e. The third-order valence-electron chi connectivity index (χ3n) is 5.67. The Kier molecular flexibility index (Phi) is 4.44. The molecular formula is C20H26N2OS. The summed E-state index contributed by atoms with van der Waals surface area (Å²) in [7, 11) is 0. The van der Waals surface area contributed by atoms with E-state index in [1.54, 1.807) is 18.1 Å². The molecule has 0 radical (unpaired) electrons. The van der Waals surface area contributed by atoms with Crippen molar-refractivity contribution in [1.82, 2.24) is 10.2 Å². The van der Waals surface area contributed by atoms with Crippen molar-refractivity contribution < 1.29 is 4.79 Å². The van der Waals surface area contributed by atoms with E-state index in [9.17, 15) is 4.79 Å². The lowest BCUT2D eigenvalue weighted by Crippen LogP contribution is -2.37. The van der Waals surface area contributed by atoms with Crippen molar-refractivity contribution in [1.29, 1.82) is 0 Å². The summed E-state index contributed by atoms with van der Waals surface area (Å²) in [4.78, 5) is 13.6. The number of nitrogens with zero attached hydrogens (tertiary/aromatic N) is 1. The van der Waals surface area contributed by atoms with E-state index in [1.165, 1.54) is 24.0 Å². The fraction of sp³-hybridized carbons (Fsp3) is 0.550. The molecule has 0 bridgehead atoms. The largest absolute Gasteiger partial charge is 0.342 e. The molecule has 0 spiro atoms. The van der Waals surface area contributed by atoms with Gasteiger partial charge in [0.1, 0.15) is 0 Å². The highest BCUT2D eigenvalue weighted by molar-refractivity contribution is 8.00. The Morgan fingerprint density at radius 1 is 1.21 bits per heavy atom. The van der Waals surface area contributed by atoms with Gasteiger partial charge in [-0.25, -0.2) is 0 Å². The highest BCUT2D eigenvalue weighted by Gasteiger charge is 2.38. The van der Waals surface area contributed by atoms with Gasteiger partial charge in [-0.3, -0.25) is 10.1 Å². The molecule has 2 fully saturated rings. The first-order valence-electron chi connectivity index (χ1n) is 9.10. The Morgan fingerprint density at radius 3 is 2.71 bits per heavy atom. The first-order valence-corrected chi connectivity index (χ1v) is 10.0. The van der Waals surface area contributed by atoms with Gasteiger partial charge in [-0.1, -0.05) is 29.8 Å². The second-order valence-electron chi connectivity index (χ2n) is 7.18. The summed E-state index contributed by atoms with van der Waals surface area (Å²) in [5, 5.41) is 5.04. The predicted octanol–water partition coefficient (Wildman–Crippen LogP) is 3.45. The van der Waals surface area contributed by atoms with Gasteiger partial charge in [0.05, 0.1) is 5.37 Å². The van der Waals surface area contributed by atoms with Gasteiger partial charge in [0.25, 0.3) is 0 Å². The number of aryl methyl sites for hydroxylation is 1. The minimum Gasteiger partial charge on any atom is -0.342 e. The van der Waals surface area contributed by atoms with Gasteiger partial charge in [-0.05, 0) is 49.3 Å². The van der Waals surface area contributed by atoms with Gasteiger partial charge < -0.3 is 4.90 Å². The summed E-state index contributed by atoms with van der Waals surface area (Å²) < 4.78 is 0. The molecular weight excluding hydrogens is 316 g/mol. The summed E-state index contributed by atoms with van der Waals surface area (Å²) in [5.41, 5.74) is 6.07. The zero-order valence-electron chi connectivity index (χ0n) is 14.5. The van der Waals surface area contributed by atoms with Crippen LogP contribution in [0.25, 0.3) is 5.57 Å². The van der Waals surface area contributed by atoms with Crippen molar-refractivity contribution in [2.24, 2.45) is 0 Å². The molecule has 1 aliphatic carbocycles. The van der Waals surface area contributed by atoms with Gasteiger partial charge in [0.2, 0.25) is 5.91 Å². The van der Waals surface area contributed by atoms with Crippen molar-refractivity contribution in [3.05, 3.63) is 41.0 Å². The van der Waals surface area contributed by atoms with Crippen LogP contribution in [0.3, 0.4) is 0 Å². The van der Waals surface area contributed by atoms with Crippen LogP contribution in [-0.4, -0.2) is 40.6 Å². The van der Waals surface area contributed by atoms with Crippen molar-refractivity contribution in [2.75, 3.05) is 13.1 Å². The quantitative estimate of drug-likeness (QED) is 0.784. The Balaban J connectivity index is 1.75. The molecule has 3 unspecified atom stereocenters. The van der Waals surface area contributed by atoms with E-state index in [2.05, 4.69) is 48.3 Å². The van der Waals surface area contributed by atoms with E-state index in [-0.39, 0.29) is 5.91 Å². The van der Waals surface area contributed by atoms with Crippen molar-refractivity contribution in [3.8, 4) is 0 Å². The first kappa shape index (κ1) is 16.2. The average molecular weight is 343 g/mol. The van der Waals surface area contributed by atoms with Crippen LogP contribution in [0.15, 0.2) is 29.8 Å². The lowest BCUT2D eigenvalue weighted by atomic mass is 9.86. The number of likely N-dealkylation sites (tertiary alicyclic amines) is 1. The average Bonchev–Trinajstić information content (AvgIpc) is 2.88. The summed E-state index contributed by atoms with van der Waals surface area (Å²) in [5.74, 6) is 0.210. The van der Waals surface area contributed by atoms with Crippen LogP contribution in [0.2, 0.25) is 0 Å². The molecule has 128 valence electrons. The van der Waals surface area contributed by atoms with Crippen molar-refractivity contribution in [2.45, 2.75) is 56.2 Å². The van der Waals surface area contributed by atoms with E-state index in [0.717, 1.165) is 25.9 Å². The fourth-order valence-corrected chi connectivity index (χ4v) is 5.86. The maximum Gasteiger partial charge on any atom is 0.219 e. The second-order valence-corrected chi connectivity index (χ2v) is 8.76. The molecule has 1 amide bonds. The third kappa shape index (κ3) is 2.91. The second kappa shape index (κ2) is 6.57. The Labute approximate surface area is 148 Å². The van der Waals surface area contributed by atoms with E-state index in [1.807, 2.05) is 4.90 Å². The summed E-state index contributed by atoms with van der Waals surface area (Å²) in [6.45, 7) is 5.71. The fourth-order valence-electron chi connectivity index (χ4n) is 4.48. The van der Waals surface area contributed by atoms with Gasteiger partial charge >= 0.3 is 0 Å². The van der Waals surface area contributed by atoms with E-state index < -0.39 is 0 Å². The van der Waals surface area contributed by atoms with E-state index in [4.69, 9.17) is 0 Å². The lowest BCUT2D eigenvalue weighted by Gasteiger charge is -2.31. The van der Waals surface area contributed by atoms with Gasteiger partial charge in [-0.15, -0.1) is 11.8 Å². The Morgan fingerprint density at radius 2 is 1.96 bits per heavy atom. The zero-order valence-corrected chi connectivity index (χ0v) is 15.4. The Bertz CT molecular complexity index is 674. The molecule has 1 N–H and O–H groups in total. The predicted molar refractivity (Wildman–Crippen MR) is 101 cm³/mol. The number of rotatable bonds is 0. The van der Waals surface area contributed by atoms with E-state index in [0.29, 0.717) is 16.7 Å². The molecule has 2 heterocycles. The maximum absolute atomic E-state index is 11.7. The third-order valence-corrected chi connectivity index (χ3v) is 7.08. The van der Waals surface area contributed by atoms with Crippen LogP contribution >= 0.6 is 11.8 Å². The molecule has 4 rings (SSSR count). The molecule has 1 aromatic carbocycles. The first-order chi connectivity index (χ1) is 11.6. The molecule has 3 aliphatic rings. The molecule has 3 atom stereocenters. The summed E-state index contributed by atoms with van der Waals surface area (Å²) >= 11 is 2.10. The highest BCUT2D eigenvalue weighted by atomic mass is 32.2. The van der Waals surface area contributed by atoms with Crippen molar-refractivity contribution >= 4 is 23.2 Å². The number of amides is 1. The zero-order chi connectivity index (χ0) is 16.7. The number of hydrogen-bond acceptors (Lipinski definition) is 3. The van der Waals surface area contributed by atoms with Gasteiger partial charge in [0.15, 0.2) is 0 Å². The number of piperidine rings is 1. The number of nitrogens with one attached hydrogen (secondary N) is 1. The summed E-state index contributed by atoms with van der Waals surface area (Å²) in [6, 6.07) is 9.43. The molecule has 0 saturated carbocycles. The molecule has 24 heavy (non-hydrogen) atoms. The normalized spacial score (nSPS) is 29.9. The Hall–Kier alpha value is -1.26. The van der Waals surface area contributed by atoms with Crippen LogP contribution in [0.1, 0.15) is 44.2 Å².